The lowest BCUT2D eigenvalue weighted by molar-refractivity contribution is -0.125. The van der Waals surface area contributed by atoms with Crippen LogP contribution in [0.1, 0.15) is 38.5 Å². The van der Waals surface area contributed by atoms with Gasteiger partial charge in [0.1, 0.15) is 5.82 Å². The SMILES string of the molecule is CN(C(=O)C1(C(N)=S)CCCCCC1)c1ccccn1. The number of nitrogens with zero attached hydrogens (tertiary/aromatic N) is 2. The number of thiocarbonyl (C=S) groups is 1. The van der Waals surface area contributed by atoms with Gasteiger partial charge in [-0.05, 0) is 25.0 Å². The molecule has 1 aliphatic rings. The average molecular weight is 291 g/mol. The van der Waals surface area contributed by atoms with Crippen LogP contribution in [0.2, 0.25) is 0 Å². The van der Waals surface area contributed by atoms with Gasteiger partial charge < -0.3 is 5.73 Å². The summed E-state index contributed by atoms with van der Waals surface area (Å²) < 4.78 is 0. The van der Waals surface area contributed by atoms with E-state index in [0.717, 1.165) is 38.5 Å². The van der Waals surface area contributed by atoms with E-state index in [4.69, 9.17) is 18.0 Å². The molecule has 1 saturated carbocycles. The van der Waals surface area contributed by atoms with Gasteiger partial charge in [-0.1, -0.05) is 44.0 Å². The Labute approximate surface area is 125 Å². The maximum Gasteiger partial charge on any atom is 0.240 e. The van der Waals surface area contributed by atoms with Crippen LogP contribution >= 0.6 is 12.2 Å². The highest BCUT2D eigenvalue weighted by molar-refractivity contribution is 7.80. The van der Waals surface area contributed by atoms with Crippen LogP contribution in [-0.4, -0.2) is 22.9 Å². The van der Waals surface area contributed by atoms with Gasteiger partial charge in [0.05, 0.1) is 10.4 Å². The van der Waals surface area contributed by atoms with Gasteiger partial charge in [-0.2, -0.15) is 0 Å². The zero-order valence-corrected chi connectivity index (χ0v) is 12.7. The third-order valence-corrected chi connectivity index (χ3v) is 4.53. The van der Waals surface area contributed by atoms with Crippen molar-refractivity contribution in [2.24, 2.45) is 11.1 Å². The summed E-state index contributed by atoms with van der Waals surface area (Å²) in [5.74, 6) is 0.614. The number of anilines is 1. The van der Waals surface area contributed by atoms with Gasteiger partial charge in [-0.15, -0.1) is 0 Å². The number of aromatic nitrogens is 1. The molecule has 1 fully saturated rings. The molecule has 0 bridgehead atoms. The Morgan fingerprint density at radius 3 is 2.45 bits per heavy atom. The van der Waals surface area contributed by atoms with E-state index in [1.54, 1.807) is 18.1 Å². The van der Waals surface area contributed by atoms with Crippen molar-refractivity contribution < 1.29 is 4.79 Å². The van der Waals surface area contributed by atoms with Crippen LogP contribution < -0.4 is 10.6 Å². The van der Waals surface area contributed by atoms with Crippen molar-refractivity contribution in [1.29, 1.82) is 0 Å². The number of rotatable bonds is 3. The molecule has 4 nitrogen and oxygen atoms in total. The van der Waals surface area contributed by atoms with Crippen LogP contribution in [0, 0.1) is 5.41 Å². The first kappa shape index (κ1) is 14.9. The fourth-order valence-corrected chi connectivity index (χ4v) is 3.17. The summed E-state index contributed by atoms with van der Waals surface area (Å²) in [5.41, 5.74) is 5.26. The number of hydrogen-bond donors (Lipinski definition) is 1. The van der Waals surface area contributed by atoms with E-state index in [-0.39, 0.29) is 5.91 Å². The normalized spacial score (nSPS) is 18.1. The molecule has 1 heterocycles. The number of pyridine rings is 1. The molecule has 20 heavy (non-hydrogen) atoms. The standard InChI is InChI=1S/C15H21N3OS/c1-18(12-8-4-7-11-17-12)14(19)15(13(16)20)9-5-2-3-6-10-15/h4,7-8,11H,2-3,5-6,9-10H2,1H3,(H2,16,20). The van der Waals surface area contributed by atoms with Crippen molar-refractivity contribution in [3.8, 4) is 0 Å². The molecule has 5 heteroatoms. The van der Waals surface area contributed by atoms with Gasteiger partial charge >= 0.3 is 0 Å². The fraction of sp³-hybridized carbons (Fsp3) is 0.533. The Hall–Kier alpha value is -1.49. The minimum Gasteiger partial charge on any atom is -0.392 e. The number of hydrogen-bond acceptors (Lipinski definition) is 3. The molecule has 1 aromatic rings. The number of carbonyl (C=O) groups excluding carboxylic acids is 1. The van der Waals surface area contributed by atoms with Crippen molar-refractivity contribution in [2.75, 3.05) is 11.9 Å². The second-order valence-corrected chi connectivity index (χ2v) is 5.85. The number of amides is 1. The van der Waals surface area contributed by atoms with E-state index in [9.17, 15) is 4.79 Å². The lowest BCUT2D eigenvalue weighted by Crippen LogP contribution is -2.49. The molecule has 108 valence electrons. The Balaban J connectivity index is 2.29. The molecule has 1 aliphatic carbocycles. The van der Waals surface area contributed by atoms with Crippen LogP contribution in [0.25, 0.3) is 0 Å². The second-order valence-electron chi connectivity index (χ2n) is 5.41. The highest BCUT2D eigenvalue weighted by atomic mass is 32.1. The van der Waals surface area contributed by atoms with E-state index < -0.39 is 5.41 Å². The van der Waals surface area contributed by atoms with Crippen molar-refractivity contribution >= 4 is 28.9 Å². The van der Waals surface area contributed by atoms with Crippen LogP contribution in [0.4, 0.5) is 5.82 Å². The molecule has 0 aliphatic heterocycles. The Kier molecular flexibility index (Phi) is 4.70. The van der Waals surface area contributed by atoms with Crippen LogP contribution in [0.15, 0.2) is 24.4 Å². The zero-order valence-electron chi connectivity index (χ0n) is 11.8. The molecule has 1 amide bonds. The molecule has 0 atom stereocenters. The van der Waals surface area contributed by atoms with Crippen LogP contribution in [0.3, 0.4) is 0 Å². The monoisotopic (exact) mass is 291 g/mol. The van der Waals surface area contributed by atoms with E-state index in [1.165, 1.54) is 0 Å². The maximum absolute atomic E-state index is 12.9. The molecule has 0 unspecified atom stereocenters. The highest BCUT2D eigenvalue weighted by Gasteiger charge is 2.43. The van der Waals surface area contributed by atoms with Gasteiger partial charge in [0.2, 0.25) is 5.91 Å². The summed E-state index contributed by atoms with van der Waals surface area (Å²) in [5, 5.41) is 0. The number of carbonyl (C=O) groups is 1. The quantitative estimate of drug-likeness (QED) is 0.687. The van der Waals surface area contributed by atoms with E-state index in [0.29, 0.717) is 10.8 Å². The fourth-order valence-electron chi connectivity index (χ4n) is 2.87. The molecule has 2 rings (SSSR count). The van der Waals surface area contributed by atoms with Crippen LogP contribution in [0.5, 0.6) is 0 Å². The molecule has 0 saturated heterocycles. The molecular weight excluding hydrogens is 270 g/mol. The third kappa shape index (κ3) is 2.82. The van der Waals surface area contributed by atoms with E-state index in [1.807, 2.05) is 18.2 Å². The second kappa shape index (κ2) is 6.31. The molecule has 0 spiro atoms. The minimum atomic E-state index is -0.696. The molecule has 1 aromatic heterocycles. The summed E-state index contributed by atoms with van der Waals surface area (Å²) in [6.45, 7) is 0. The minimum absolute atomic E-state index is 0.0226. The summed E-state index contributed by atoms with van der Waals surface area (Å²) >= 11 is 5.24. The van der Waals surface area contributed by atoms with Gasteiger partial charge in [-0.3, -0.25) is 9.69 Å². The predicted molar refractivity (Wildman–Crippen MR) is 84.6 cm³/mol. The Morgan fingerprint density at radius 1 is 1.30 bits per heavy atom. The van der Waals surface area contributed by atoms with Gasteiger partial charge in [0, 0.05) is 13.2 Å². The molecule has 0 aromatic carbocycles. The Morgan fingerprint density at radius 2 is 1.95 bits per heavy atom. The summed E-state index contributed by atoms with van der Waals surface area (Å²) in [7, 11) is 1.75. The first-order chi connectivity index (χ1) is 9.58. The molecule has 2 N–H and O–H groups in total. The smallest absolute Gasteiger partial charge is 0.240 e. The number of nitrogens with two attached hydrogens (primary N) is 1. The van der Waals surface area contributed by atoms with E-state index in [2.05, 4.69) is 4.98 Å². The van der Waals surface area contributed by atoms with E-state index >= 15 is 0 Å². The topological polar surface area (TPSA) is 59.2 Å². The van der Waals surface area contributed by atoms with Crippen molar-refractivity contribution in [3.05, 3.63) is 24.4 Å². The van der Waals surface area contributed by atoms with Crippen LogP contribution in [-0.2, 0) is 4.79 Å². The van der Waals surface area contributed by atoms with Crippen molar-refractivity contribution in [2.45, 2.75) is 38.5 Å². The first-order valence-corrected chi connectivity index (χ1v) is 7.48. The first-order valence-electron chi connectivity index (χ1n) is 7.07. The lowest BCUT2D eigenvalue weighted by Gasteiger charge is -2.33. The highest BCUT2D eigenvalue weighted by Crippen LogP contribution is 2.37. The average Bonchev–Trinajstić information content (AvgIpc) is 2.73. The summed E-state index contributed by atoms with van der Waals surface area (Å²) in [6.07, 6.45) is 7.46. The predicted octanol–water partition coefficient (Wildman–Crippen LogP) is 2.67. The summed E-state index contributed by atoms with van der Waals surface area (Å²) in [4.78, 5) is 19.1. The maximum atomic E-state index is 12.9. The lowest BCUT2D eigenvalue weighted by atomic mass is 9.79. The largest absolute Gasteiger partial charge is 0.392 e. The van der Waals surface area contributed by atoms with Crippen molar-refractivity contribution in [1.82, 2.24) is 4.98 Å². The van der Waals surface area contributed by atoms with Gasteiger partial charge in [-0.25, -0.2) is 4.98 Å². The molecular formula is C15H21N3OS. The van der Waals surface area contributed by atoms with Gasteiger partial charge in [0.15, 0.2) is 0 Å². The van der Waals surface area contributed by atoms with Gasteiger partial charge in [0.25, 0.3) is 0 Å². The van der Waals surface area contributed by atoms with Crippen molar-refractivity contribution in [3.63, 3.8) is 0 Å². The zero-order chi connectivity index (χ0) is 14.6. The Bertz CT molecular complexity index is 481. The molecule has 0 radical (unpaired) electrons. The summed E-state index contributed by atoms with van der Waals surface area (Å²) in [6, 6.07) is 5.52. The third-order valence-electron chi connectivity index (χ3n) is 4.14.